The number of hydrogen-bond donors (Lipinski definition) is 1. The molecule has 0 aromatic carbocycles. The van der Waals surface area contributed by atoms with E-state index in [1.807, 2.05) is 0 Å². The summed E-state index contributed by atoms with van der Waals surface area (Å²) in [5.74, 6) is 0.526. The number of pyridine rings is 1. The first-order chi connectivity index (χ1) is 11.9. The second kappa shape index (κ2) is 6.00. The highest BCUT2D eigenvalue weighted by molar-refractivity contribution is 5.69. The van der Waals surface area contributed by atoms with E-state index >= 15 is 0 Å². The lowest BCUT2D eigenvalue weighted by Crippen LogP contribution is -2.69. The molecule has 3 rings (SSSR count). The predicted octanol–water partition coefficient (Wildman–Crippen LogP) is 2.53. The Morgan fingerprint density at radius 1 is 1.27 bits per heavy atom. The van der Waals surface area contributed by atoms with Crippen molar-refractivity contribution in [2.24, 2.45) is 0 Å². The molecule has 0 bridgehead atoms. The minimum absolute atomic E-state index is 0.132. The van der Waals surface area contributed by atoms with Crippen molar-refractivity contribution in [1.29, 1.82) is 0 Å². The molecule has 26 heavy (non-hydrogen) atoms. The summed E-state index contributed by atoms with van der Waals surface area (Å²) in [6.45, 7) is 5.43. The van der Waals surface area contributed by atoms with Crippen molar-refractivity contribution in [3.05, 3.63) is 23.9 Å². The van der Waals surface area contributed by atoms with Crippen LogP contribution >= 0.6 is 0 Å². The summed E-state index contributed by atoms with van der Waals surface area (Å²) in [7, 11) is 0. The Labute approximate surface area is 149 Å². The molecule has 0 radical (unpaired) electrons. The molecule has 1 aromatic heterocycles. The Morgan fingerprint density at radius 3 is 2.35 bits per heavy atom. The third-order valence-electron chi connectivity index (χ3n) is 4.53. The highest BCUT2D eigenvalue weighted by Gasteiger charge is 2.61. The molecule has 2 saturated heterocycles. The second-order valence-corrected chi connectivity index (χ2v) is 7.92. The third-order valence-corrected chi connectivity index (χ3v) is 4.53. The first-order valence-corrected chi connectivity index (χ1v) is 8.36. The number of alkyl halides is 3. The van der Waals surface area contributed by atoms with E-state index in [4.69, 9.17) is 4.74 Å². The van der Waals surface area contributed by atoms with Gasteiger partial charge in [0.1, 0.15) is 11.4 Å². The van der Waals surface area contributed by atoms with Crippen LogP contribution in [0, 0.1) is 0 Å². The number of halogens is 3. The molecule has 0 spiro atoms. The van der Waals surface area contributed by atoms with Gasteiger partial charge in [0.15, 0.2) is 5.60 Å². The Hall–Kier alpha value is -2.03. The molecule has 2 fully saturated rings. The van der Waals surface area contributed by atoms with Crippen molar-refractivity contribution in [3.8, 4) is 0 Å². The molecule has 0 unspecified atom stereocenters. The fourth-order valence-corrected chi connectivity index (χ4v) is 2.92. The number of β-amino-alcohol motifs (C(OH)–C–C–N with tert-alkyl or cyclic N) is 1. The molecule has 6 nitrogen and oxygen atoms in total. The Morgan fingerprint density at radius 2 is 1.88 bits per heavy atom. The largest absolute Gasteiger partial charge is 0.444 e. The summed E-state index contributed by atoms with van der Waals surface area (Å²) in [5, 5.41) is 9.49. The number of carbonyl (C=O) groups is 1. The van der Waals surface area contributed by atoms with E-state index in [-0.39, 0.29) is 12.0 Å². The normalized spacial score (nSPS) is 20.4. The number of rotatable bonds is 2. The Bertz CT molecular complexity index is 673. The monoisotopic (exact) mass is 373 g/mol. The maximum atomic E-state index is 12.7. The maximum Gasteiger partial charge on any atom is 0.420 e. The summed E-state index contributed by atoms with van der Waals surface area (Å²) < 4.78 is 43.3. The van der Waals surface area contributed by atoms with Gasteiger partial charge >= 0.3 is 12.3 Å². The van der Waals surface area contributed by atoms with Crippen LogP contribution in [0.15, 0.2) is 18.3 Å². The summed E-state index contributed by atoms with van der Waals surface area (Å²) >= 11 is 0. The first kappa shape index (κ1) is 18.8. The van der Waals surface area contributed by atoms with E-state index in [0.29, 0.717) is 18.9 Å². The first-order valence-electron chi connectivity index (χ1n) is 8.36. The molecule has 0 atom stereocenters. The number of hydrogen-bond acceptors (Lipinski definition) is 5. The van der Waals surface area contributed by atoms with Crippen molar-refractivity contribution >= 4 is 11.9 Å². The Balaban J connectivity index is 1.52. The number of ether oxygens (including phenoxy) is 1. The minimum atomic E-state index is -4.64. The second-order valence-electron chi connectivity index (χ2n) is 7.92. The highest BCUT2D eigenvalue weighted by atomic mass is 19.4. The lowest BCUT2D eigenvalue weighted by Gasteiger charge is -2.47. The summed E-state index contributed by atoms with van der Waals surface area (Å²) in [6, 6.07) is 3.44. The fraction of sp³-hybridized carbons (Fsp3) is 0.647. The van der Waals surface area contributed by atoms with E-state index < -0.39 is 30.5 Å². The molecule has 9 heteroatoms. The van der Waals surface area contributed by atoms with Crippen LogP contribution in [-0.4, -0.2) is 64.6 Å². The van der Waals surface area contributed by atoms with Gasteiger partial charge in [0.2, 0.25) is 0 Å². The topological polar surface area (TPSA) is 65.9 Å². The molecular weight excluding hydrogens is 351 g/mol. The molecule has 2 aliphatic heterocycles. The average Bonchev–Trinajstić information content (AvgIpc) is 2.40. The third kappa shape index (κ3) is 3.58. The number of aromatic nitrogens is 1. The average molecular weight is 373 g/mol. The predicted molar refractivity (Wildman–Crippen MR) is 88.0 cm³/mol. The van der Waals surface area contributed by atoms with Crippen molar-refractivity contribution in [2.75, 3.05) is 31.1 Å². The fourth-order valence-electron chi connectivity index (χ4n) is 2.92. The molecule has 1 amide bonds. The van der Waals surface area contributed by atoms with Gasteiger partial charge in [-0.15, -0.1) is 0 Å². The quantitative estimate of drug-likeness (QED) is 0.863. The van der Waals surface area contributed by atoms with Crippen molar-refractivity contribution in [2.45, 2.75) is 44.1 Å². The van der Waals surface area contributed by atoms with E-state index in [0.717, 1.165) is 5.56 Å². The van der Waals surface area contributed by atoms with E-state index in [1.54, 1.807) is 44.0 Å². The van der Waals surface area contributed by atoms with Crippen molar-refractivity contribution in [1.82, 2.24) is 9.88 Å². The molecule has 144 valence electrons. The van der Waals surface area contributed by atoms with Gasteiger partial charge in [-0.2, -0.15) is 13.2 Å². The smallest absolute Gasteiger partial charge is 0.420 e. The van der Waals surface area contributed by atoms with Crippen LogP contribution in [0.4, 0.5) is 23.8 Å². The molecule has 0 saturated carbocycles. The van der Waals surface area contributed by atoms with E-state index in [1.165, 1.54) is 4.90 Å². The number of nitrogens with zero attached hydrogens (tertiary/aromatic N) is 3. The van der Waals surface area contributed by atoms with E-state index in [2.05, 4.69) is 4.98 Å². The van der Waals surface area contributed by atoms with Gasteiger partial charge in [-0.05, 0) is 32.4 Å². The van der Waals surface area contributed by atoms with Crippen LogP contribution in [0.25, 0.3) is 0 Å². The van der Waals surface area contributed by atoms with Crippen molar-refractivity contribution in [3.63, 3.8) is 0 Å². The molecule has 2 aliphatic rings. The zero-order valence-corrected chi connectivity index (χ0v) is 14.9. The molecule has 0 aliphatic carbocycles. The number of anilines is 1. The number of likely N-dealkylation sites (tertiary alicyclic amines) is 1. The van der Waals surface area contributed by atoms with Gasteiger partial charge < -0.3 is 19.6 Å². The maximum absolute atomic E-state index is 12.7. The molecule has 1 aromatic rings. The number of carbonyl (C=O) groups excluding carboxylic acids is 1. The van der Waals surface area contributed by atoms with Crippen LogP contribution in [0.2, 0.25) is 0 Å². The SMILES string of the molecule is CC(C)(C)OC(=O)N1CC(c2ccc(N3CC(O)(C(F)(F)F)C3)nc2)C1. The highest BCUT2D eigenvalue weighted by Crippen LogP contribution is 2.39. The van der Waals surface area contributed by atoms with Crippen LogP contribution < -0.4 is 4.90 Å². The number of amides is 1. The van der Waals surface area contributed by atoms with Crippen molar-refractivity contribution < 1.29 is 27.8 Å². The molecular formula is C17H22F3N3O3. The molecule has 1 N–H and O–H groups in total. The summed E-state index contributed by atoms with van der Waals surface area (Å²) in [4.78, 5) is 19.1. The lowest BCUT2D eigenvalue weighted by atomic mass is 9.92. The van der Waals surface area contributed by atoms with Gasteiger partial charge in [-0.25, -0.2) is 9.78 Å². The summed E-state index contributed by atoms with van der Waals surface area (Å²) in [6.07, 6.45) is -3.39. The van der Waals surface area contributed by atoms with E-state index in [9.17, 15) is 23.1 Å². The molecule has 3 heterocycles. The van der Waals surface area contributed by atoms with Crippen LogP contribution in [0.5, 0.6) is 0 Å². The van der Waals surface area contributed by atoms with Crippen LogP contribution in [0.3, 0.4) is 0 Å². The van der Waals surface area contributed by atoms with Crippen LogP contribution in [0.1, 0.15) is 32.3 Å². The zero-order valence-electron chi connectivity index (χ0n) is 14.9. The Kier molecular flexibility index (Phi) is 4.33. The summed E-state index contributed by atoms with van der Waals surface area (Å²) in [5.41, 5.74) is -2.28. The van der Waals surface area contributed by atoms with Gasteiger partial charge in [-0.1, -0.05) is 6.07 Å². The lowest BCUT2D eigenvalue weighted by molar-refractivity contribution is -0.267. The van der Waals surface area contributed by atoms with Crippen LogP contribution in [-0.2, 0) is 4.74 Å². The zero-order chi connectivity index (χ0) is 19.3. The van der Waals surface area contributed by atoms with Gasteiger partial charge in [0.25, 0.3) is 0 Å². The minimum Gasteiger partial charge on any atom is -0.444 e. The number of aliphatic hydroxyl groups is 1. The standard InChI is InChI=1S/C17H22F3N3O3/c1-15(2,3)26-14(24)22-7-12(8-22)11-4-5-13(21-6-11)23-9-16(25,10-23)17(18,19)20/h4-6,12,25H,7-10H2,1-3H3. The van der Waals surface area contributed by atoms with Gasteiger partial charge in [-0.3, -0.25) is 0 Å². The van der Waals surface area contributed by atoms with Gasteiger partial charge in [0.05, 0.1) is 13.1 Å². The van der Waals surface area contributed by atoms with Gasteiger partial charge in [0, 0.05) is 25.2 Å².